The molecule has 1 aromatic carbocycles. The molecule has 2 amide bonds. The molecule has 0 saturated heterocycles. The normalized spacial score (nSPS) is 10.5. The second-order valence-corrected chi connectivity index (χ2v) is 5.01. The van der Waals surface area contributed by atoms with E-state index in [0.717, 1.165) is 5.56 Å². The Morgan fingerprint density at radius 1 is 1.24 bits per heavy atom. The third kappa shape index (κ3) is 6.37. The first-order chi connectivity index (χ1) is 9.92. The number of hydrogen-bond acceptors (Lipinski definition) is 4. The van der Waals surface area contributed by atoms with Crippen molar-refractivity contribution in [2.24, 2.45) is 0 Å². The number of likely N-dealkylation sites (N-methyl/N-ethyl adjacent to an activating group) is 1. The van der Waals surface area contributed by atoms with E-state index in [4.69, 9.17) is 4.74 Å². The van der Waals surface area contributed by atoms with E-state index in [-0.39, 0.29) is 18.4 Å². The Morgan fingerprint density at radius 3 is 2.57 bits per heavy atom. The molecule has 0 unspecified atom stereocenters. The molecule has 116 valence electrons. The third-order valence-electron chi connectivity index (χ3n) is 2.85. The van der Waals surface area contributed by atoms with Crippen molar-refractivity contribution in [3.63, 3.8) is 0 Å². The minimum Gasteiger partial charge on any atom is -0.383 e. The molecule has 0 fully saturated rings. The summed E-state index contributed by atoms with van der Waals surface area (Å²) in [5.41, 5.74) is 2.21. The lowest BCUT2D eigenvalue weighted by Gasteiger charge is -2.17. The van der Waals surface area contributed by atoms with E-state index >= 15 is 0 Å². The maximum absolute atomic E-state index is 12.0. The molecule has 1 aromatic rings. The van der Waals surface area contributed by atoms with Crippen molar-refractivity contribution in [2.75, 3.05) is 44.5 Å². The van der Waals surface area contributed by atoms with E-state index in [0.29, 0.717) is 24.5 Å². The smallest absolute Gasteiger partial charge is 0.238 e. The molecule has 6 nitrogen and oxygen atoms in total. The van der Waals surface area contributed by atoms with Crippen LogP contribution < -0.4 is 10.6 Å². The number of amides is 2. The molecule has 0 radical (unpaired) electrons. The number of benzene rings is 1. The number of methoxy groups -OCH3 is 1. The molecule has 6 heteroatoms. The van der Waals surface area contributed by atoms with E-state index in [2.05, 4.69) is 10.6 Å². The van der Waals surface area contributed by atoms with Crippen LogP contribution in [0.15, 0.2) is 18.2 Å². The Kier molecular flexibility index (Phi) is 6.84. The molecule has 0 aliphatic heterocycles. The second kappa shape index (κ2) is 8.39. The standard InChI is InChI=1S/C15H23N3O3/c1-11-5-6-13(16-12(2)19)14(9-11)17-15(20)10-18(3)7-8-21-4/h5-6,9H,7-8,10H2,1-4H3,(H,16,19)(H,17,20). The quantitative estimate of drug-likeness (QED) is 0.798. The lowest BCUT2D eigenvalue weighted by Crippen LogP contribution is -2.32. The van der Waals surface area contributed by atoms with Crippen molar-refractivity contribution in [3.8, 4) is 0 Å². The number of nitrogens with zero attached hydrogens (tertiary/aromatic N) is 1. The first kappa shape index (κ1) is 17.1. The summed E-state index contributed by atoms with van der Waals surface area (Å²) in [6.45, 7) is 4.88. The fourth-order valence-electron chi connectivity index (χ4n) is 1.82. The van der Waals surface area contributed by atoms with Gasteiger partial charge in [0.2, 0.25) is 11.8 Å². The minimum absolute atomic E-state index is 0.134. The van der Waals surface area contributed by atoms with Gasteiger partial charge in [0.1, 0.15) is 0 Å². The largest absolute Gasteiger partial charge is 0.383 e. The van der Waals surface area contributed by atoms with Crippen LogP contribution in [0, 0.1) is 6.92 Å². The zero-order valence-electron chi connectivity index (χ0n) is 13.0. The maximum Gasteiger partial charge on any atom is 0.238 e. The summed E-state index contributed by atoms with van der Waals surface area (Å²) >= 11 is 0. The highest BCUT2D eigenvalue weighted by atomic mass is 16.5. The van der Waals surface area contributed by atoms with Crippen molar-refractivity contribution in [1.29, 1.82) is 0 Å². The van der Waals surface area contributed by atoms with E-state index in [1.54, 1.807) is 13.2 Å². The third-order valence-corrected chi connectivity index (χ3v) is 2.85. The van der Waals surface area contributed by atoms with Gasteiger partial charge < -0.3 is 15.4 Å². The first-order valence-corrected chi connectivity index (χ1v) is 6.78. The molecule has 0 heterocycles. The molecular weight excluding hydrogens is 270 g/mol. The van der Waals surface area contributed by atoms with Crippen LogP contribution in [0.25, 0.3) is 0 Å². The predicted molar refractivity (Wildman–Crippen MR) is 83.5 cm³/mol. The number of nitrogens with one attached hydrogen (secondary N) is 2. The molecule has 0 bridgehead atoms. The average Bonchev–Trinajstić information content (AvgIpc) is 2.39. The van der Waals surface area contributed by atoms with Crippen molar-refractivity contribution < 1.29 is 14.3 Å². The number of hydrogen-bond donors (Lipinski definition) is 2. The lowest BCUT2D eigenvalue weighted by atomic mass is 10.2. The lowest BCUT2D eigenvalue weighted by molar-refractivity contribution is -0.117. The zero-order valence-corrected chi connectivity index (χ0v) is 13.0. The maximum atomic E-state index is 12.0. The topological polar surface area (TPSA) is 70.7 Å². The molecule has 0 atom stereocenters. The van der Waals surface area contributed by atoms with Crippen molar-refractivity contribution in [2.45, 2.75) is 13.8 Å². The van der Waals surface area contributed by atoms with Gasteiger partial charge in [-0.15, -0.1) is 0 Å². The van der Waals surface area contributed by atoms with Crippen LogP contribution in [0.4, 0.5) is 11.4 Å². The number of carbonyl (C=O) groups is 2. The average molecular weight is 293 g/mol. The molecule has 0 aliphatic carbocycles. The van der Waals surface area contributed by atoms with Gasteiger partial charge in [-0.3, -0.25) is 14.5 Å². The molecule has 21 heavy (non-hydrogen) atoms. The zero-order chi connectivity index (χ0) is 15.8. The molecule has 0 spiro atoms. The second-order valence-electron chi connectivity index (χ2n) is 5.01. The van der Waals surface area contributed by atoms with E-state index in [9.17, 15) is 9.59 Å². The van der Waals surface area contributed by atoms with Gasteiger partial charge in [-0.05, 0) is 31.7 Å². The van der Waals surface area contributed by atoms with E-state index in [1.807, 2.05) is 31.0 Å². The highest BCUT2D eigenvalue weighted by Crippen LogP contribution is 2.23. The van der Waals surface area contributed by atoms with Gasteiger partial charge in [-0.2, -0.15) is 0 Å². The fraction of sp³-hybridized carbons (Fsp3) is 0.467. The van der Waals surface area contributed by atoms with Crippen LogP contribution in [0.1, 0.15) is 12.5 Å². The molecular formula is C15H23N3O3. The van der Waals surface area contributed by atoms with Gasteiger partial charge in [-0.25, -0.2) is 0 Å². The van der Waals surface area contributed by atoms with Gasteiger partial charge in [0, 0.05) is 20.6 Å². The molecule has 2 N–H and O–H groups in total. The number of anilines is 2. The minimum atomic E-state index is -0.174. The Hall–Kier alpha value is -1.92. The Morgan fingerprint density at radius 2 is 1.95 bits per heavy atom. The molecule has 0 aliphatic rings. The summed E-state index contributed by atoms with van der Waals surface area (Å²) in [5.74, 6) is -0.308. The number of aryl methyl sites for hydroxylation is 1. The first-order valence-electron chi connectivity index (χ1n) is 6.78. The monoisotopic (exact) mass is 293 g/mol. The van der Waals surface area contributed by atoms with Crippen molar-refractivity contribution in [3.05, 3.63) is 23.8 Å². The van der Waals surface area contributed by atoms with Crippen LogP contribution in [0.2, 0.25) is 0 Å². The van der Waals surface area contributed by atoms with Crippen LogP contribution in [-0.2, 0) is 14.3 Å². The summed E-state index contributed by atoms with van der Waals surface area (Å²) in [5, 5.41) is 5.53. The van der Waals surface area contributed by atoms with Gasteiger partial charge in [0.05, 0.1) is 24.5 Å². The van der Waals surface area contributed by atoms with Crippen LogP contribution in [0.5, 0.6) is 0 Å². The van der Waals surface area contributed by atoms with Gasteiger partial charge >= 0.3 is 0 Å². The predicted octanol–water partition coefficient (Wildman–Crippen LogP) is 1.47. The highest BCUT2D eigenvalue weighted by molar-refractivity contribution is 5.99. The van der Waals surface area contributed by atoms with Crippen LogP contribution >= 0.6 is 0 Å². The number of rotatable bonds is 7. The van der Waals surface area contributed by atoms with Crippen molar-refractivity contribution >= 4 is 23.2 Å². The van der Waals surface area contributed by atoms with Crippen molar-refractivity contribution in [1.82, 2.24) is 4.90 Å². The van der Waals surface area contributed by atoms with Crippen LogP contribution in [0.3, 0.4) is 0 Å². The van der Waals surface area contributed by atoms with Crippen LogP contribution in [-0.4, -0.2) is 50.6 Å². The van der Waals surface area contributed by atoms with E-state index in [1.165, 1.54) is 6.92 Å². The Labute approximate surface area is 125 Å². The summed E-state index contributed by atoms with van der Waals surface area (Å²) in [4.78, 5) is 25.1. The summed E-state index contributed by atoms with van der Waals surface area (Å²) in [6.07, 6.45) is 0. The number of carbonyl (C=O) groups excluding carboxylic acids is 2. The Bertz CT molecular complexity index is 503. The highest BCUT2D eigenvalue weighted by Gasteiger charge is 2.10. The SMILES string of the molecule is COCCN(C)CC(=O)Nc1cc(C)ccc1NC(C)=O. The molecule has 0 aromatic heterocycles. The molecule has 0 saturated carbocycles. The summed E-state index contributed by atoms with van der Waals surface area (Å²) < 4.78 is 4.97. The van der Waals surface area contributed by atoms with Gasteiger partial charge in [0.15, 0.2) is 0 Å². The van der Waals surface area contributed by atoms with Gasteiger partial charge in [0.25, 0.3) is 0 Å². The Balaban J connectivity index is 2.70. The van der Waals surface area contributed by atoms with E-state index < -0.39 is 0 Å². The number of ether oxygens (including phenoxy) is 1. The summed E-state index contributed by atoms with van der Waals surface area (Å²) in [7, 11) is 3.48. The molecule has 1 rings (SSSR count). The van der Waals surface area contributed by atoms with Gasteiger partial charge in [-0.1, -0.05) is 6.07 Å². The summed E-state index contributed by atoms with van der Waals surface area (Å²) in [6, 6.07) is 5.49. The fourth-order valence-corrected chi connectivity index (χ4v) is 1.82.